The second-order valence-electron chi connectivity index (χ2n) is 6.40. The van der Waals surface area contributed by atoms with E-state index in [0.717, 1.165) is 4.90 Å². The van der Waals surface area contributed by atoms with Gasteiger partial charge < -0.3 is 5.32 Å². The monoisotopic (exact) mass is 382 g/mol. The lowest BCUT2D eigenvalue weighted by molar-refractivity contribution is -0.117. The predicted molar refractivity (Wildman–Crippen MR) is 105 cm³/mol. The third kappa shape index (κ3) is 3.75. The molecular weight excluding hydrogens is 363 g/mol. The number of aromatic nitrogens is 2. The Kier molecular flexibility index (Phi) is 5.21. The van der Waals surface area contributed by atoms with Gasteiger partial charge in [0, 0.05) is 19.7 Å². The van der Waals surface area contributed by atoms with Crippen LogP contribution in [-0.2, 0) is 16.1 Å². The first-order valence-electron chi connectivity index (χ1n) is 8.58. The first kappa shape index (κ1) is 19.2. The normalized spacial score (nSPS) is 10.7. The highest BCUT2D eigenvalue weighted by Gasteiger charge is 2.18. The average Bonchev–Trinajstić information content (AvgIpc) is 2.65. The fourth-order valence-electron chi connectivity index (χ4n) is 2.80. The van der Waals surface area contributed by atoms with Crippen LogP contribution in [0.25, 0.3) is 11.0 Å². The number of carbonyl (C=O) groups is 2. The van der Waals surface area contributed by atoms with Crippen LogP contribution < -0.4 is 15.8 Å². The topological polar surface area (TPSA) is 84.3 Å². The summed E-state index contributed by atoms with van der Waals surface area (Å²) in [7, 11) is 1.45. The number of carbonyl (C=O) groups excluding carboxylic acids is 2. The molecule has 7 nitrogen and oxygen atoms in total. The standard InChI is InChI=1S/C20H19FN4O3/c1-12-10-14(21)8-9-15(12)22-18(27)11-25-17-7-5-4-6-16(17)23-19(20(25)28)24(3)13(2)26/h4-10H,11H2,1-3H3,(H,22,27). The van der Waals surface area contributed by atoms with Crippen LogP contribution in [0.1, 0.15) is 12.5 Å². The molecule has 0 radical (unpaired) electrons. The number of para-hydroxylation sites is 2. The molecular formula is C20H19FN4O3. The van der Waals surface area contributed by atoms with Crippen LogP contribution in [0.5, 0.6) is 0 Å². The smallest absolute Gasteiger partial charge is 0.294 e. The highest BCUT2D eigenvalue weighted by molar-refractivity contribution is 5.93. The Hall–Kier alpha value is -3.55. The van der Waals surface area contributed by atoms with Gasteiger partial charge in [-0.3, -0.25) is 23.9 Å². The maximum absolute atomic E-state index is 13.2. The van der Waals surface area contributed by atoms with Gasteiger partial charge in [0.15, 0.2) is 0 Å². The zero-order chi connectivity index (χ0) is 20.4. The van der Waals surface area contributed by atoms with Crippen molar-refractivity contribution in [3.63, 3.8) is 0 Å². The van der Waals surface area contributed by atoms with Gasteiger partial charge in [0.05, 0.1) is 11.0 Å². The second-order valence-corrected chi connectivity index (χ2v) is 6.40. The number of benzene rings is 2. The van der Waals surface area contributed by atoms with Crippen LogP contribution in [0.15, 0.2) is 47.3 Å². The van der Waals surface area contributed by atoms with Gasteiger partial charge in [-0.2, -0.15) is 0 Å². The van der Waals surface area contributed by atoms with Crippen LogP contribution >= 0.6 is 0 Å². The summed E-state index contributed by atoms with van der Waals surface area (Å²) in [5.41, 5.74) is 1.42. The van der Waals surface area contributed by atoms with Crippen LogP contribution in [0.4, 0.5) is 15.9 Å². The summed E-state index contributed by atoms with van der Waals surface area (Å²) in [4.78, 5) is 42.6. The fraction of sp³-hybridized carbons (Fsp3) is 0.200. The van der Waals surface area contributed by atoms with E-state index in [9.17, 15) is 18.8 Å². The Balaban J connectivity index is 2.01. The molecule has 3 aromatic rings. The summed E-state index contributed by atoms with van der Waals surface area (Å²) in [5, 5.41) is 2.68. The lowest BCUT2D eigenvalue weighted by atomic mass is 10.2. The van der Waals surface area contributed by atoms with E-state index in [1.807, 2.05) is 0 Å². The quantitative estimate of drug-likeness (QED) is 0.751. The van der Waals surface area contributed by atoms with E-state index in [0.29, 0.717) is 22.3 Å². The third-order valence-corrected chi connectivity index (χ3v) is 4.39. The SMILES string of the molecule is CC(=O)N(C)c1nc2ccccc2n(CC(=O)Nc2ccc(F)cc2C)c1=O. The number of halogens is 1. The Morgan fingerprint density at radius 2 is 1.93 bits per heavy atom. The van der Waals surface area contributed by atoms with Gasteiger partial charge in [-0.05, 0) is 42.8 Å². The van der Waals surface area contributed by atoms with Gasteiger partial charge >= 0.3 is 0 Å². The van der Waals surface area contributed by atoms with E-state index in [1.165, 1.54) is 36.7 Å². The molecule has 144 valence electrons. The van der Waals surface area contributed by atoms with E-state index in [-0.39, 0.29) is 18.3 Å². The molecule has 0 bridgehead atoms. The minimum Gasteiger partial charge on any atom is -0.324 e. The van der Waals surface area contributed by atoms with Crippen LogP contribution in [0.2, 0.25) is 0 Å². The molecule has 2 aromatic carbocycles. The van der Waals surface area contributed by atoms with Crippen molar-refractivity contribution in [2.24, 2.45) is 0 Å². The van der Waals surface area contributed by atoms with Gasteiger partial charge in [0.25, 0.3) is 5.56 Å². The summed E-state index contributed by atoms with van der Waals surface area (Å²) < 4.78 is 14.5. The van der Waals surface area contributed by atoms with Crippen LogP contribution in [-0.4, -0.2) is 28.4 Å². The molecule has 1 heterocycles. The Morgan fingerprint density at radius 3 is 2.61 bits per heavy atom. The molecule has 0 fully saturated rings. The zero-order valence-corrected chi connectivity index (χ0v) is 15.7. The van der Waals surface area contributed by atoms with Crippen molar-refractivity contribution < 1.29 is 14.0 Å². The number of fused-ring (bicyclic) bond motifs is 1. The molecule has 0 aliphatic heterocycles. The summed E-state index contributed by atoms with van der Waals surface area (Å²) >= 11 is 0. The maximum Gasteiger partial charge on any atom is 0.294 e. The molecule has 1 aromatic heterocycles. The molecule has 0 saturated heterocycles. The fourth-order valence-corrected chi connectivity index (χ4v) is 2.80. The molecule has 0 aliphatic carbocycles. The lowest BCUT2D eigenvalue weighted by Gasteiger charge is -2.17. The molecule has 0 aliphatic rings. The van der Waals surface area contributed by atoms with Crippen molar-refractivity contribution in [1.29, 1.82) is 0 Å². The van der Waals surface area contributed by atoms with Gasteiger partial charge in [-0.1, -0.05) is 12.1 Å². The highest BCUT2D eigenvalue weighted by Crippen LogP contribution is 2.17. The molecule has 0 atom stereocenters. The predicted octanol–water partition coefficient (Wildman–Crippen LogP) is 2.47. The number of rotatable bonds is 4. The van der Waals surface area contributed by atoms with Crippen molar-refractivity contribution in [3.8, 4) is 0 Å². The number of hydrogen-bond donors (Lipinski definition) is 1. The second kappa shape index (κ2) is 7.59. The first-order valence-corrected chi connectivity index (χ1v) is 8.58. The Labute approximate surface area is 160 Å². The zero-order valence-electron chi connectivity index (χ0n) is 15.7. The largest absolute Gasteiger partial charge is 0.324 e. The number of anilines is 2. The maximum atomic E-state index is 13.2. The number of nitrogens with one attached hydrogen (secondary N) is 1. The summed E-state index contributed by atoms with van der Waals surface area (Å²) in [6.45, 7) is 2.72. The van der Waals surface area contributed by atoms with E-state index in [1.54, 1.807) is 31.2 Å². The molecule has 3 rings (SSSR count). The minimum absolute atomic E-state index is 0.0584. The summed E-state index contributed by atoms with van der Waals surface area (Å²) in [6, 6.07) is 10.9. The number of hydrogen-bond acceptors (Lipinski definition) is 4. The summed E-state index contributed by atoms with van der Waals surface area (Å²) in [5.74, 6) is -1.26. The number of aryl methyl sites for hydroxylation is 1. The van der Waals surface area contributed by atoms with Gasteiger partial charge in [-0.15, -0.1) is 0 Å². The highest BCUT2D eigenvalue weighted by atomic mass is 19.1. The van der Waals surface area contributed by atoms with Gasteiger partial charge in [-0.25, -0.2) is 9.37 Å². The first-order chi connectivity index (χ1) is 13.3. The summed E-state index contributed by atoms with van der Waals surface area (Å²) in [6.07, 6.45) is 0. The Morgan fingerprint density at radius 1 is 1.21 bits per heavy atom. The molecule has 8 heteroatoms. The molecule has 0 unspecified atom stereocenters. The molecule has 0 saturated carbocycles. The molecule has 1 N–H and O–H groups in total. The molecule has 28 heavy (non-hydrogen) atoms. The van der Waals surface area contributed by atoms with Crippen molar-refractivity contribution in [2.45, 2.75) is 20.4 Å². The number of nitrogens with zero attached hydrogens (tertiary/aromatic N) is 3. The van der Waals surface area contributed by atoms with E-state index < -0.39 is 17.3 Å². The van der Waals surface area contributed by atoms with Gasteiger partial charge in [0.2, 0.25) is 17.6 Å². The van der Waals surface area contributed by atoms with Crippen molar-refractivity contribution in [1.82, 2.24) is 9.55 Å². The Bertz CT molecular complexity index is 1140. The van der Waals surface area contributed by atoms with Crippen LogP contribution in [0, 0.1) is 12.7 Å². The van der Waals surface area contributed by atoms with Crippen LogP contribution in [0.3, 0.4) is 0 Å². The van der Waals surface area contributed by atoms with E-state index >= 15 is 0 Å². The van der Waals surface area contributed by atoms with Crippen molar-refractivity contribution in [2.75, 3.05) is 17.3 Å². The van der Waals surface area contributed by atoms with E-state index in [2.05, 4.69) is 10.3 Å². The average molecular weight is 382 g/mol. The number of amides is 2. The molecule has 2 amide bonds. The van der Waals surface area contributed by atoms with Crippen molar-refractivity contribution >= 4 is 34.4 Å². The third-order valence-electron chi connectivity index (χ3n) is 4.39. The molecule has 0 spiro atoms. The van der Waals surface area contributed by atoms with Gasteiger partial charge in [0.1, 0.15) is 12.4 Å². The minimum atomic E-state index is -0.553. The lowest BCUT2D eigenvalue weighted by Crippen LogP contribution is -2.36. The van der Waals surface area contributed by atoms with E-state index in [4.69, 9.17) is 0 Å². The van der Waals surface area contributed by atoms with Crippen molar-refractivity contribution in [3.05, 3.63) is 64.2 Å².